The summed E-state index contributed by atoms with van der Waals surface area (Å²) < 4.78 is 6.40. The van der Waals surface area contributed by atoms with Crippen LogP contribution in [0, 0.1) is 11.3 Å². The number of hydrogen-bond donors (Lipinski definition) is 2. The number of benzene rings is 2. The molecule has 5 nitrogen and oxygen atoms in total. The average molecular weight is 329 g/mol. The maximum Gasteiger partial charge on any atom is 0.300 e. The number of oxazole rings is 1. The smallest absolute Gasteiger partial charge is 0.300 e. The molecule has 0 spiro atoms. The zero-order valence-electron chi connectivity index (χ0n) is 10.2. The van der Waals surface area contributed by atoms with Crippen LogP contribution in [0.5, 0.6) is 0 Å². The molecule has 3 N–H and O–H groups in total. The summed E-state index contributed by atoms with van der Waals surface area (Å²) in [6.45, 7) is 0. The minimum Gasteiger partial charge on any atom is -0.423 e. The Morgan fingerprint density at radius 3 is 2.90 bits per heavy atom. The molecule has 0 bridgehead atoms. The van der Waals surface area contributed by atoms with Crippen molar-refractivity contribution in [1.29, 1.82) is 5.26 Å². The highest BCUT2D eigenvalue weighted by atomic mass is 79.9. The molecule has 0 saturated carbocycles. The van der Waals surface area contributed by atoms with Crippen LogP contribution in [0.3, 0.4) is 0 Å². The summed E-state index contributed by atoms with van der Waals surface area (Å²) in [4.78, 5) is 4.29. The van der Waals surface area contributed by atoms with Gasteiger partial charge in [0.15, 0.2) is 5.58 Å². The Hall–Kier alpha value is -2.52. The first-order valence-corrected chi connectivity index (χ1v) is 6.58. The minimum absolute atomic E-state index is 0.324. The Balaban J connectivity index is 1.99. The number of nitrogens with zero attached hydrogens (tertiary/aromatic N) is 2. The van der Waals surface area contributed by atoms with Crippen molar-refractivity contribution in [1.82, 2.24) is 4.98 Å². The minimum atomic E-state index is 0.324. The topological polar surface area (TPSA) is 87.9 Å². The Labute approximate surface area is 123 Å². The molecule has 0 atom stereocenters. The lowest BCUT2D eigenvalue weighted by Gasteiger charge is -2.03. The van der Waals surface area contributed by atoms with Gasteiger partial charge < -0.3 is 15.5 Å². The van der Waals surface area contributed by atoms with Crippen LogP contribution in [0.15, 0.2) is 45.3 Å². The summed E-state index contributed by atoms with van der Waals surface area (Å²) in [5.41, 5.74) is 8.76. The quantitative estimate of drug-likeness (QED) is 0.699. The Morgan fingerprint density at radius 1 is 1.25 bits per heavy atom. The van der Waals surface area contributed by atoms with E-state index in [2.05, 4.69) is 32.3 Å². The predicted molar refractivity (Wildman–Crippen MR) is 80.6 cm³/mol. The molecule has 0 saturated heterocycles. The highest BCUT2D eigenvalue weighted by Crippen LogP contribution is 2.26. The van der Waals surface area contributed by atoms with Crippen LogP contribution in [-0.2, 0) is 0 Å². The van der Waals surface area contributed by atoms with Crippen molar-refractivity contribution in [2.75, 3.05) is 11.1 Å². The summed E-state index contributed by atoms with van der Waals surface area (Å²) in [5, 5.41) is 12.1. The highest BCUT2D eigenvalue weighted by molar-refractivity contribution is 9.10. The second-order valence-corrected chi connectivity index (χ2v) is 5.09. The van der Waals surface area contributed by atoms with Crippen LogP contribution in [0.4, 0.5) is 17.4 Å². The molecule has 0 aliphatic heterocycles. The van der Waals surface area contributed by atoms with Crippen LogP contribution in [0.25, 0.3) is 11.1 Å². The number of nitrogens with two attached hydrogens (primary N) is 1. The first-order chi connectivity index (χ1) is 9.65. The highest BCUT2D eigenvalue weighted by Gasteiger charge is 2.09. The number of aromatic nitrogens is 1. The van der Waals surface area contributed by atoms with Gasteiger partial charge in [-0.15, -0.1) is 0 Å². The fraction of sp³-hybridized carbons (Fsp3) is 0. The molecule has 0 aliphatic carbocycles. The van der Waals surface area contributed by atoms with Gasteiger partial charge in [-0.3, -0.25) is 0 Å². The molecule has 0 unspecified atom stereocenters. The van der Waals surface area contributed by atoms with Crippen molar-refractivity contribution < 1.29 is 4.42 Å². The van der Waals surface area contributed by atoms with Crippen LogP contribution in [-0.4, -0.2) is 4.98 Å². The molecule has 0 aliphatic rings. The summed E-state index contributed by atoms with van der Waals surface area (Å²) in [5.74, 6) is 0. The van der Waals surface area contributed by atoms with E-state index in [1.807, 2.05) is 6.07 Å². The van der Waals surface area contributed by atoms with E-state index < -0.39 is 0 Å². The van der Waals surface area contributed by atoms with E-state index >= 15 is 0 Å². The lowest BCUT2D eigenvalue weighted by atomic mass is 10.2. The maximum absolute atomic E-state index is 9.12. The summed E-state index contributed by atoms with van der Waals surface area (Å²) in [6.07, 6.45) is 0. The van der Waals surface area contributed by atoms with Crippen molar-refractivity contribution in [3.05, 3.63) is 46.4 Å². The van der Waals surface area contributed by atoms with E-state index in [9.17, 15) is 0 Å². The van der Waals surface area contributed by atoms with E-state index in [0.717, 1.165) is 4.47 Å². The van der Waals surface area contributed by atoms with Crippen LogP contribution < -0.4 is 11.1 Å². The van der Waals surface area contributed by atoms with Gasteiger partial charge in [-0.25, -0.2) is 0 Å². The van der Waals surface area contributed by atoms with Crippen molar-refractivity contribution in [2.24, 2.45) is 0 Å². The third kappa shape index (κ3) is 2.31. The molecule has 6 heteroatoms. The average Bonchev–Trinajstić information content (AvgIpc) is 2.82. The predicted octanol–water partition coefficient (Wildman–Crippen LogP) is 3.79. The summed E-state index contributed by atoms with van der Waals surface area (Å²) in [6, 6.07) is 13.0. The molecular weight excluding hydrogens is 320 g/mol. The van der Waals surface area contributed by atoms with Crippen LogP contribution in [0.1, 0.15) is 5.56 Å². The monoisotopic (exact) mass is 328 g/mol. The van der Waals surface area contributed by atoms with E-state index in [4.69, 9.17) is 15.4 Å². The standard InChI is InChI=1S/C14H9BrN4O/c15-9-1-3-11(8(5-9)7-16)18-14-19-12-6-10(17)2-4-13(12)20-14/h1-6H,17H2,(H,18,19). The number of fused-ring (bicyclic) bond motifs is 1. The molecule has 20 heavy (non-hydrogen) atoms. The first kappa shape index (κ1) is 12.5. The molecule has 0 amide bonds. The molecule has 2 aromatic carbocycles. The first-order valence-electron chi connectivity index (χ1n) is 5.78. The van der Waals surface area contributed by atoms with E-state index in [1.165, 1.54) is 0 Å². The molecule has 0 fully saturated rings. The fourth-order valence-electron chi connectivity index (χ4n) is 1.83. The van der Waals surface area contributed by atoms with Gasteiger partial charge in [-0.1, -0.05) is 15.9 Å². The number of nitriles is 1. The molecule has 0 radical (unpaired) electrons. The van der Waals surface area contributed by atoms with Crippen molar-refractivity contribution >= 4 is 44.4 Å². The van der Waals surface area contributed by atoms with E-state index in [0.29, 0.717) is 34.1 Å². The van der Waals surface area contributed by atoms with Gasteiger partial charge in [0.1, 0.15) is 11.6 Å². The number of anilines is 3. The number of nitrogens with one attached hydrogen (secondary N) is 1. The molecule has 3 rings (SSSR count). The molecule has 98 valence electrons. The van der Waals surface area contributed by atoms with Crippen molar-refractivity contribution in [3.63, 3.8) is 0 Å². The largest absolute Gasteiger partial charge is 0.423 e. The molecule has 1 heterocycles. The van der Waals surface area contributed by atoms with Gasteiger partial charge in [0.05, 0.1) is 11.3 Å². The lowest BCUT2D eigenvalue weighted by molar-refractivity contribution is 0.623. The Morgan fingerprint density at radius 2 is 2.10 bits per heavy atom. The summed E-state index contributed by atoms with van der Waals surface area (Å²) in [7, 11) is 0. The third-order valence-electron chi connectivity index (χ3n) is 2.76. The van der Waals surface area contributed by atoms with Crippen LogP contribution in [0.2, 0.25) is 0 Å². The van der Waals surface area contributed by atoms with Gasteiger partial charge in [0, 0.05) is 10.2 Å². The third-order valence-corrected chi connectivity index (χ3v) is 3.25. The van der Waals surface area contributed by atoms with Gasteiger partial charge >= 0.3 is 0 Å². The number of rotatable bonds is 2. The van der Waals surface area contributed by atoms with Crippen LogP contribution >= 0.6 is 15.9 Å². The molecular formula is C14H9BrN4O. The second-order valence-electron chi connectivity index (χ2n) is 4.17. The fourth-order valence-corrected chi connectivity index (χ4v) is 2.19. The number of halogens is 1. The van der Waals surface area contributed by atoms with Gasteiger partial charge in [0.25, 0.3) is 6.01 Å². The zero-order valence-corrected chi connectivity index (χ0v) is 11.8. The number of hydrogen-bond acceptors (Lipinski definition) is 5. The number of nitrogen functional groups attached to an aromatic ring is 1. The van der Waals surface area contributed by atoms with Gasteiger partial charge in [-0.2, -0.15) is 10.2 Å². The normalized spacial score (nSPS) is 10.4. The SMILES string of the molecule is N#Cc1cc(Br)ccc1Nc1nc2cc(N)ccc2o1. The Kier molecular flexibility index (Phi) is 3.05. The Bertz CT molecular complexity index is 835. The molecule has 1 aromatic heterocycles. The zero-order chi connectivity index (χ0) is 14.1. The van der Waals surface area contributed by atoms with E-state index in [1.54, 1.807) is 30.3 Å². The van der Waals surface area contributed by atoms with Crippen molar-refractivity contribution in [2.45, 2.75) is 0 Å². The van der Waals surface area contributed by atoms with Gasteiger partial charge in [0.2, 0.25) is 0 Å². The van der Waals surface area contributed by atoms with E-state index in [-0.39, 0.29) is 0 Å². The molecule has 3 aromatic rings. The summed E-state index contributed by atoms with van der Waals surface area (Å²) >= 11 is 3.33. The van der Waals surface area contributed by atoms with Gasteiger partial charge in [-0.05, 0) is 36.4 Å². The second kappa shape index (κ2) is 4.87. The van der Waals surface area contributed by atoms with Crippen molar-refractivity contribution in [3.8, 4) is 6.07 Å². The lowest BCUT2D eigenvalue weighted by Crippen LogP contribution is -1.93. The maximum atomic E-state index is 9.12.